The minimum absolute atomic E-state index is 0.220. The first-order valence-electron chi connectivity index (χ1n) is 5.01. The molecule has 0 saturated heterocycles. The Kier molecular flexibility index (Phi) is 2.13. The average Bonchev–Trinajstić information content (AvgIpc) is 2.14. The predicted molar refractivity (Wildman–Crippen MR) is 56.9 cm³/mol. The Morgan fingerprint density at radius 3 is 2.57 bits per heavy atom. The summed E-state index contributed by atoms with van der Waals surface area (Å²) in [5.41, 5.74) is -0.689. The van der Waals surface area contributed by atoms with Gasteiger partial charge in [-0.2, -0.15) is 4.68 Å². The van der Waals surface area contributed by atoms with Crippen molar-refractivity contribution in [1.82, 2.24) is 14.9 Å². The van der Waals surface area contributed by atoms with E-state index in [2.05, 4.69) is 10.2 Å². The second-order valence-corrected chi connectivity index (χ2v) is 4.68. The van der Waals surface area contributed by atoms with E-state index in [4.69, 9.17) is 2.82 Å². The van der Waals surface area contributed by atoms with Gasteiger partial charge in [0, 0.05) is 5.41 Å². The van der Waals surface area contributed by atoms with Crippen molar-refractivity contribution in [3.05, 3.63) is 16.0 Å². The van der Waals surface area contributed by atoms with Gasteiger partial charge in [-0.25, -0.2) is 0 Å². The van der Waals surface area contributed by atoms with Crippen LogP contribution >= 0.6 is 11.8 Å². The van der Waals surface area contributed by atoms with Crippen LogP contribution in [0.1, 0.15) is 26.5 Å². The van der Waals surface area contributed by atoms with E-state index < -0.39 is 11.0 Å². The normalized spacial score (nSPS) is 13.4. The first-order valence-corrected chi connectivity index (χ1v) is 5.34. The van der Waals surface area contributed by atoms with Crippen LogP contribution in [0.25, 0.3) is 0 Å². The highest BCUT2D eigenvalue weighted by atomic mass is 32.2. The van der Waals surface area contributed by atoms with Gasteiger partial charge >= 0.3 is 0 Å². The molecule has 14 heavy (non-hydrogen) atoms. The number of nitrogens with two attached hydrogens (primary N) is 1. The van der Waals surface area contributed by atoms with Crippen molar-refractivity contribution in [3.63, 3.8) is 0 Å². The summed E-state index contributed by atoms with van der Waals surface area (Å²) in [5.74, 6) is 0.220. The molecular formula is C8H14N4OS. The largest absolute Gasteiger partial charge is 0.334 e. The molecule has 0 radical (unpaired) electrons. The van der Waals surface area contributed by atoms with Gasteiger partial charge in [-0.3, -0.25) is 4.79 Å². The van der Waals surface area contributed by atoms with Gasteiger partial charge < -0.3 is 5.83 Å². The summed E-state index contributed by atoms with van der Waals surface area (Å²) >= 11 is 1.16. The van der Waals surface area contributed by atoms with Gasteiger partial charge in [0.1, 0.15) is 5.69 Å². The number of rotatable bonds is 2. The van der Waals surface area contributed by atoms with Crippen LogP contribution in [-0.2, 0) is 5.41 Å². The second-order valence-electron chi connectivity index (χ2n) is 3.90. The maximum absolute atomic E-state index is 12.0. The van der Waals surface area contributed by atoms with Crippen LogP contribution in [0.15, 0.2) is 9.95 Å². The van der Waals surface area contributed by atoms with Crippen LogP contribution in [0.4, 0.5) is 0 Å². The Balaban J connectivity index is 3.51. The molecule has 5 nitrogen and oxygen atoms in total. The van der Waals surface area contributed by atoms with E-state index in [1.54, 1.807) is 6.26 Å². The lowest BCUT2D eigenvalue weighted by Gasteiger charge is -2.16. The van der Waals surface area contributed by atoms with Gasteiger partial charge in [-0.05, 0) is 6.26 Å². The van der Waals surface area contributed by atoms with E-state index in [1.807, 2.05) is 20.8 Å². The van der Waals surface area contributed by atoms with Crippen LogP contribution < -0.4 is 11.4 Å². The lowest BCUT2D eigenvalue weighted by molar-refractivity contribution is 0.520. The smallest absolute Gasteiger partial charge is 0.295 e. The van der Waals surface area contributed by atoms with Gasteiger partial charge in [-0.15, -0.1) is 10.2 Å². The standard InChI is InChI=1S/C8H14N4OS/c1-8(2,3)5-6(13)12(9)7(14-4)11-10-5/h9H2,1-4H3/i/hD2. The molecular weight excluding hydrogens is 200 g/mol. The Morgan fingerprint density at radius 1 is 1.50 bits per heavy atom. The molecule has 0 spiro atoms. The molecule has 0 amide bonds. The summed E-state index contributed by atoms with van der Waals surface area (Å²) in [6, 6.07) is 0. The third kappa shape index (κ3) is 1.89. The molecule has 0 saturated carbocycles. The Labute approximate surface area is 89.6 Å². The molecule has 2 N–H and O–H groups in total. The summed E-state index contributed by atoms with van der Waals surface area (Å²) in [7, 11) is 0. The quantitative estimate of drug-likeness (QED) is 0.571. The number of nitrogens with zero attached hydrogens (tertiary/aromatic N) is 3. The molecule has 1 aromatic heterocycles. The Bertz CT molecular complexity index is 441. The van der Waals surface area contributed by atoms with Gasteiger partial charge in [0.25, 0.3) is 5.56 Å². The van der Waals surface area contributed by atoms with Crippen LogP contribution in [0, 0.1) is 0 Å². The molecule has 0 aliphatic carbocycles. The van der Waals surface area contributed by atoms with Crippen LogP contribution in [-0.4, -0.2) is 21.1 Å². The lowest BCUT2D eigenvalue weighted by Crippen LogP contribution is -2.37. The van der Waals surface area contributed by atoms with E-state index in [9.17, 15) is 4.79 Å². The van der Waals surface area contributed by atoms with E-state index in [-0.39, 0.29) is 16.7 Å². The van der Waals surface area contributed by atoms with Crippen molar-refractivity contribution in [3.8, 4) is 0 Å². The molecule has 0 fully saturated rings. The zero-order valence-electron chi connectivity index (χ0n) is 10.6. The fourth-order valence-electron chi connectivity index (χ4n) is 0.963. The first kappa shape index (κ1) is 8.28. The summed E-state index contributed by atoms with van der Waals surface area (Å²) < 4.78 is 15.2. The number of hydrogen-bond acceptors (Lipinski definition) is 5. The average molecular weight is 216 g/mol. The molecule has 0 aliphatic rings. The SMILES string of the molecule is [2H]N([2H])n1c(SC)nnc(C(C)(C)C)c1=O. The Morgan fingerprint density at radius 2 is 2.14 bits per heavy atom. The molecule has 6 heteroatoms. The van der Waals surface area contributed by atoms with E-state index >= 15 is 0 Å². The highest BCUT2D eigenvalue weighted by Gasteiger charge is 2.22. The molecule has 1 aromatic rings. The first-order chi connectivity index (χ1) is 7.29. The van der Waals surface area contributed by atoms with Crippen molar-refractivity contribution in [2.45, 2.75) is 31.3 Å². The van der Waals surface area contributed by atoms with Crippen molar-refractivity contribution in [2.24, 2.45) is 0 Å². The zero-order chi connectivity index (χ0) is 12.5. The maximum Gasteiger partial charge on any atom is 0.295 e. The van der Waals surface area contributed by atoms with Gasteiger partial charge in [0.2, 0.25) is 5.16 Å². The van der Waals surface area contributed by atoms with Gasteiger partial charge in [0.05, 0.1) is 0 Å². The van der Waals surface area contributed by atoms with Crippen LogP contribution in [0.3, 0.4) is 0 Å². The van der Waals surface area contributed by atoms with Crippen molar-refractivity contribution < 1.29 is 2.82 Å². The molecule has 0 atom stereocenters. The predicted octanol–water partition coefficient (Wildman–Crippen LogP) is 0.371. The molecule has 0 aliphatic heterocycles. The van der Waals surface area contributed by atoms with Crippen molar-refractivity contribution in [1.29, 1.82) is 0 Å². The Hall–Kier alpha value is -1.04. The summed E-state index contributed by atoms with van der Waals surface area (Å²) in [4.78, 5) is 12.0. The zero-order valence-corrected chi connectivity index (χ0v) is 9.42. The number of nitrogen functional groups attached to an aromatic ring is 1. The molecule has 1 heterocycles. The number of thioether (sulfide) groups is 1. The van der Waals surface area contributed by atoms with E-state index in [1.165, 1.54) is 0 Å². The summed E-state index contributed by atoms with van der Waals surface area (Å²) in [6.45, 7) is 5.50. The van der Waals surface area contributed by atoms with Crippen LogP contribution in [0.2, 0.25) is 2.82 Å². The van der Waals surface area contributed by atoms with Gasteiger partial charge in [-0.1, -0.05) is 32.5 Å². The maximum atomic E-state index is 12.0. The minimum atomic E-state index is -0.475. The monoisotopic (exact) mass is 216 g/mol. The highest BCUT2D eigenvalue weighted by molar-refractivity contribution is 7.98. The summed E-state index contributed by atoms with van der Waals surface area (Å²) in [5, 5.41) is 7.93. The lowest BCUT2D eigenvalue weighted by atomic mass is 9.93. The van der Waals surface area contributed by atoms with E-state index in [0.717, 1.165) is 16.4 Å². The second kappa shape index (κ2) is 3.61. The number of aromatic nitrogens is 3. The number of hydrogen-bond donors (Lipinski definition) is 1. The fourth-order valence-corrected chi connectivity index (χ4v) is 1.34. The molecule has 0 unspecified atom stereocenters. The topological polar surface area (TPSA) is 73.8 Å². The molecule has 0 aromatic carbocycles. The highest BCUT2D eigenvalue weighted by Crippen LogP contribution is 2.16. The van der Waals surface area contributed by atoms with Crippen LogP contribution in [0.5, 0.6) is 0 Å². The summed E-state index contributed by atoms with van der Waals surface area (Å²) in [6.07, 6.45) is 1.71. The third-order valence-corrected chi connectivity index (χ3v) is 2.32. The van der Waals surface area contributed by atoms with Gasteiger partial charge in [0.15, 0.2) is 2.82 Å². The molecule has 0 bridgehead atoms. The fraction of sp³-hybridized carbons (Fsp3) is 0.625. The van der Waals surface area contributed by atoms with E-state index in [0.29, 0.717) is 0 Å². The molecule has 78 valence electrons. The molecule has 1 rings (SSSR count). The van der Waals surface area contributed by atoms with Crippen molar-refractivity contribution in [2.75, 3.05) is 12.1 Å². The van der Waals surface area contributed by atoms with Crippen molar-refractivity contribution >= 4 is 11.8 Å². The third-order valence-electron chi connectivity index (χ3n) is 1.70. The minimum Gasteiger partial charge on any atom is -0.334 e.